The Kier molecular flexibility index (Phi) is 4.74. The van der Waals surface area contributed by atoms with E-state index in [0.717, 1.165) is 43.5 Å². The van der Waals surface area contributed by atoms with Gasteiger partial charge in [-0.1, -0.05) is 25.0 Å². The molecule has 0 bridgehead atoms. The molecule has 1 fully saturated rings. The number of methoxy groups -OCH3 is 1. The van der Waals surface area contributed by atoms with Crippen LogP contribution in [-0.2, 0) is 11.2 Å². The van der Waals surface area contributed by atoms with Gasteiger partial charge >= 0.3 is 0 Å². The van der Waals surface area contributed by atoms with Gasteiger partial charge in [-0.05, 0) is 61.2 Å². The van der Waals surface area contributed by atoms with E-state index in [2.05, 4.69) is 17.4 Å². The van der Waals surface area contributed by atoms with Crippen molar-refractivity contribution in [1.82, 2.24) is 0 Å². The topological polar surface area (TPSA) is 64.3 Å². The summed E-state index contributed by atoms with van der Waals surface area (Å²) in [5.41, 5.74) is 8.05. The van der Waals surface area contributed by atoms with E-state index < -0.39 is 0 Å². The number of nitrogen functional groups attached to an aromatic ring is 1. The smallest absolute Gasteiger partial charge is 0.230 e. The van der Waals surface area contributed by atoms with Gasteiger partial charge in [-0.25, -0.2) is 0 Å². The van der Waals surface area contributed by atoms with Crippen LogP contribution in [0.3, 0.4) is 0 Å². The minimum absolute atomic E-state index is 0.112. The molecule has 0 spiro atoms. The molecule has 126 valence electrons. The van der Waals surface area contributed by atoms with E-state index >= 15 is 0 Å². The predicted octanol–water partition coefficient (Wildman–Crippen LogP) is 4.02. The highest BCUT2D eigenvalue weighted by atomic mass is 16.5. The molecule has 3 N–H and O–H groups in total. The predicted molar refractivity (Wildman–Crippen MR) is 97.1 cm³/mol. The standard InChI is InChI=1S/C20H24N2O2/c1-24-18-10-4-15(5-11-18)14-20(12-2-3-13-20)19(23)22-17-8-6-16(21)7-9-17/h4-11H,2-3,12-14,21H2,1H3,(H,22,23). The third-order valence-corrected chi connectivity index (χ3v) is 4.91. The van der Waals surface area contributed by atoms with Gasteiger partial charge in [0.1, 0.15) is 5.75 Å². The van der Waals surface area contributed by atoms with Gasteiger partial charge in [0.05, 0.1) is 12.5 Å². The number of nitrogens with one attached hydrogen (secondary N) is 1. The van der Waals surface area contributed by atoms with Crippen LogP contribution in [-0.4, -0.2) is 13.0 Å². The number of carbonyl (C=O) groups excluding carboxylic acids is 1. The quantitative estimate of drug-likeness (QED) is 0.817. The van der Waals surface area contributed by atoms with Crippen LogP contribution in [0.4, 0.5) is 11.4 Å². The summed E-state index contributed by atoms with van der Waals surface area (Å²) < 4.78 is 5.21. The van der Waals surface area contributed by atoms with Crippen molar-refractivity contribution in [2.75, 3.05) is 18.2 Å². The number of hydrogen-bond donors (Lipinski definition) is 2. The van der Waals surface area contributed by atoms with E-state index in [0.29, 0.717) is 5.69 Å². The zero-order valence-corrected chi connectivity index (χ0v) is 14.0. The monoisotopic (exact) mass is 324 g/mol. The Labute approximate surface area is 143 Å². The Hall–Kier alpha value is -2.49. The summed E-state index contributed by atoms with van der Waals surface area (Å²) in [6, 6.07) is 15.3. The molecule has 0 radical (unpaired) electrons. The van der Waals surface area contributed by atoms with E-state index in [1.807, 2.05) is 24.3 Å². The van der Waals surface area contributed by atoms with Gasteiger partial charge in [-0.2, -0.15) is 0 Å². The van der Waals surface area contributed by atoms with E-state index in [1.54, 1.807) is 19.2 Å². The Morgan fingerprint density at radius 1 is 1.08 bits per heavy atom. The molecule has 0 unspecified atom stereocenters. The third-order valence-electron chi connectivity index (χ3n) is 4.91. The molecule has 1 saturated carbocycles. The number of anilines is 2. The van der Waals surface area contributed by atoms with Crippen molar-refractivity contribution >= 4 is 17.3 Å². The normalized spacial score (nSPS) is 15.9. The lowest BCUT2D eigenvalue weighted by Crippen LogP contribution is -2.35. The van der Waals surface area contributed by atoms with Crippen LogP contribution in [0.2, 0.25) is 0 Å². The van der Waals surface area contributed by atoms with E-state index in [9.17, 15) is 4.79 Å². The first kappa shape index (κ1) is 16.4. The summed E-state index contributed by atoms with van der Waals surface area (Å²) >= 11 is 0. The van der Waals surface area contributed by atoms with Crippen molar-refractivity contribution in [2.45, 2.75) is 32.1 Å². The average Bonchev–Trinajstić information content (AvgIpc) is 3.07. The average molecular weight is 324 g/mol. The van der Waals surface area contributed by atoms with Crippen LogP contribution in [0.1, 0.15) is 31.2 Å². The molecule has 0 heterocycles. The highest BCUT2D eigenvalue weighted by Crippen LogP contribution is 2.42. The van der Waals surface area contributed by atoms with E-state index in [1.165, 1.54) is 5.56 Å². The van der Waals surface area contributed by atoms with Crippen LogP contribution in [0, 0.1) is 5.41 Å². The molecule has 0 aromatic heterocycles. The van der Waals surface area contributed by atoms with Gasteiger partial charge in [0, 0.05) is 11.4 Å². The summed E-state index contributed by atoms with van der Waals surface area (Å²) in [4.78, 5) is 13.0. The van der Waals surface area contributed by atoms with Crippen molar-refractivity contribution in [1.29, 1.82) is 0 Å². The zero-order valence-electron chi connectivity index (χ0n) is 14.0. The second-order valence-electron chi connectivity index (χ2n) is 6.59. The summed E-state index contributed by atoms with van der Waals surface area (Å²) in [7, 11) is 1.66. The van der Waals surface area contributed by atoms with Crippen molar-refractivity contribution in [3.8, 4) is 5.75 Å². The second kappa shape index (κ2) is 6.95. The first-order valence-corrected chi connectivity index (χ1v) is 8.41. The van der Waals surface area contributed by atoms with Crippen LogP contribution in [0.25, 0.3) is 0 Å². The minimum atomic E-state index is -0.323. The number of rotatable bonds is 5. The van der Waals surface area contributed by atoms with Gasteiger partial charge in [0.15, 0.2) is 0 Å². The maximum Gasteiger partial charge on any atom is 0.230 e. The lowest BCUT2D eigenvalue weighted by Gasteiger charge is -2.28. The SMILES string of the molecule is COc1ccc(CC2(C(=O)Nc3ccc(N)cc3)CCCC2)cc1. The highest BCUT2D eigenvalue weighted by molar-refractivity contribution is 5.95. The highest BCUT2D eigenvalue weighted by Gasteiger charge is 2.41. The molecule has 2 aromatic rings. The fraction of sp³-hybridized carbons (Fsp3) is 0.350. The molecule has 3 rings (SSSR count). The Balaban J connectivity index is 1.76. The summed E-state index contributed by atoms with van der Waals surface area (Å²) in [5, 5.41) is 3.08. The van der Waals surface area contributed by atoms with Crippen molar-refractivity contribution in [3.63, 3.8) is 0 Å². The molecule has 0 aliphatic heterocycles. The molecule has 1 amide bonds. The third kappa shape index (κ3) is 3.53. The van der Waals surface area contributed by atoms with Crippen LogP contribution in [0.5, 0.6) is 5.75 Å². The molecule has 2 aromatic carbocycles. The number of amides is 1. The first-order valence-electron chi connectivity index (χ1n) is 8.41. The number of nitrogens with two attached hydrogens (primary N) is 1. The molecule has 24 heavy (non-hydrogen) atoms. The van der Waals surface area contributed by atoms with Gasteiger partial charge in [0.25, 0.3) is 0 Å². The molecule has 4 heteroatoms. The molecular formula is C20H24N2O2. The zero-order chi connectivity index (χ0) is 17.0. The van der Waals surface area contributed by atoms with E-state index in [-0.39, 0.29) is 11.3 Å². The summed E-state index contributed by atoms with van der Waals surface area (Å²) in [6.45, 7) is 0. The summed E-state index contributed by atoms with van der Waals surface area (Å²) in [5.74, 6) is 0.950. The van der Waals surface area contributed by atoms with Crippen molar-refractivity contribution in [3.05, 3.63) is 54.1 Å². The van der Waals surface area contributed by atoms with Gasteiger partial charge < -0.3 is 15.8 Å². The second-order valence-corrected chi connectivity index (χ2v) is 6.59. The Bertz CT molecular complexity index is 687. The van der Waals surface area contributed by atoms with Crippen LogP contribution >= 0.6 is 0 Å². The number of benzene rings is 2. The number of hydrogen-bond acceptors (Lipinski definition) is 3. The van der Waals surface area contributed by atoms with Gasteiger partial charge in [-0.15, -0.1) is 0 Å². The number of ether oxygens (including phenoxy) is 1. The Morgan fingerprint density at radius 3 is 2.29 bits per heavy atom. The lowest BCUT2D eigenvalue weighted by atomic mass is 9.79. The van der Waals surface area contributed by atoms with Crippen LogP contribution in [0.15, 0.2) is 48.5 Å². The molecule has 0 saturated heterocycles. The lowest BCUT2D eigenvalue weighted by molar-refractivity contribution is -0.125. The minimum Gasteiger partial charge on any atom is -0.497 e. The first-order chi connectivity index (χ1) is 11.6. The maximum absolute atomic E-state index is 13.0. The molecular weight excluding hydrogens is 300 g/mol. The molecule has 1 aliphatic carbocycles. The Morgan fingerprint density at radius 2 is 1.71 bits per heavy atom. The summed E-state index contributed by atoms with van der Waals surface area (Å²) in [6.07, 6.45) is 4.83. The van der Waals surface area contributed by atoms with Crippen molar-refractivity contribution in [2.24, 2.45) is 5.41 Å². The van der Waals surface area contributed by atoms with Gasteiger partial charge in [-0.3, -0.25) is 4.79 Å². The van der Waals surface area contributed by atoms with Crippen molar-refractivity contribution < 1.29 is 9.53 Å². The van der Waals surface area contributed by atoms with Crippen LogP contribution < -0.4 is 15.8 Å². The van der Waals surface area contributed by atoms with E-state index in [4.69, 9.17) is 10.5 Å². The largest absolute Gasteiger partial charge is 0.497 e. The molecule has 0 atom stereocenters. The fourth-order valence-electron chi connectivity index (χ4n) is 3.50. The maximum atomic E-state index is 13.0. The molecule has 4 nitrogen and oxygen atoms in total. The van der Waals surface area contributed by atoms with Gasteiger partial charge in [0.2, 0.25) is 5.91 Å². The fourth-order valence-corrected chi connectivity index (χ4v) is 3.50. The number of carbonyl (C=O) groups is 1. The molecule has 1 aliphatic rings.